The van der Waals surface area contributed by atoms with Crippen molar-refractivity contribution in [1.29, 1.82) is 0 Å². The first-order valence-corrected chi connectivity index (χ1v) is 4.31. The van der Waals surface area contributed by atoms with E-state index in [-0.39, 0.29) is 5.48 Å². The molecule has 1 rings (SSSR count). The molecular formula is C10H18O2. The lowest BCUT2D eigenvalue weighted by atomic mass is 9.84. The SMILES string of the molecule is CC(C)=C1CC[C@@H](C)CC1=O.O. The van der Waals surface area contributed by atoms with Crippen LogP contribution in [-0.2, 0) is 4.79 Å². The molecule has 0 aromatic carbocycles. The number of rotatable bonds is 0. The van der Waals surface area contributed by atoms with Crippen LogP contribution in [0.25, 0.3) is 0 Å². The van der Waals surface area contributed by atoms with Crippen LogP contribution in [0.4, 0.5) is 0 Å². The molecule has 0 unspecified atom stereocenters. The molecule has 0 amide bonds. The van der Waals surface area contributed by atoms with Crippen LogP contribution >= 0.6 is 0 Å². The normalized spacial score (nSPS) is 23.4. The predicted molar refractivity (Wildman–Crippen MR) is 50.0 cm³/mol. The van der Waals surface area contributed by atoms with Gasteiger partial charge in [-0.1, -0.05) is 12.5 Å². The molecule has 0 heterocycles. The van der Waals surface area contributed by atoms with Gasteiger partial charge in [0.15, 0.2) is 5.78 Å². The third kappa shape index (κ3) is 2.45. The Bertz CT molecular complexity index is 200. The third-order valence-corrected chi connectivity index (χ3v) is 2.36. The summed E-state index contributed by atoms with van der Waals surface area (Å²) in [4.78, 5) is 11.4. The maximum Gasteiger partial charge on any atom is 0.159 e. The van der Waals surface area contributed by atoms with Crippen molar-refractivity contribution >= 4 is 5.78 Å². The minimum atomic E-state index is 0. The molecule has 1 atom stereocenters. The Morgan fingerprint density at radius 2 is 2.00 bits per heavy atom. The summed E-state index contributed by atoms with van der Waals surface area (Å²) in [5.41, 5.74) is 2.30. The highest BCUT2D eigenvalue weighted by molar-refractivity contribution is 5.96. The maximum atomic E-state index is 11.4. The molecule has 1 fully saturated rings. The summed E-state index contributed by atoms with van der Waals surface area (Å²) in [5, 5.41) is 0. The number of carbonyl (C=O) groups is 1. The first-order chi connectivity index (χ1) is 5.11. The molecule has 0 spiro atoms. The number of hydrogen-bond donors (Lipinski definition) is 0. The van der Waals surface area contributed by atoms with Crippen molar-refractivity contribution in [3.05, 3.63) is 11.1 Å². The number of allylic oxidation sites excluding steroid dienone is 2. The van der Waals surface area contributed by atoms with Gasteiger partial charge in [-0.15, -0.1) is 0 Å². The van der Waals surface area contributed by atoms with Gasteiger partial charge in [0.2, 0.25) is 0 Å². The first kappa shape index (κ1) is 11.4. The van der Waals surface area contributed by atoms with Crippen molar-refractivity contribution in [2.45, 2.75) is 40.0 Å². The van der Waals surface area contributed by atoms with E-state index >= 15 is 0 Å². The Balaban J connectivity index is 0.00000121. The van der Waals surface area contributed by atoms with Crippen LogP contribution in [0.15, 0.2) is 11.1 Å². The van der Waals surface area contributed by atoms with Gasteiger partial charge in [0.1, 0.15) is 0 Å². The Morgan fingerprint density at radius 3 is 2.42 bits per heavy atom. The topological polar surface area (TPSA) is 48.6 Å². The van der Waals surface area contributed by atoms with Crippen molar-refractivity contribution in [1.82, 2.24) is 0 Å². The Morgan fingerprint density at radius 1 is 1.42 bits per heavy atom. The molecule has 12 heavy (non-hydrogen) atoms. The zero-order valence-electron chi connectivity index (χ0n) is 8.11. The van der Waals surface area contributed by atoms with Crippen molar-refractivity contribution in [3.63, 3.8) is 0 Å². The van der Waals surface area contributed by atoms with Gasteiger partial charge >= 0.3 is 0 Å². The van der Waals surface area contributed by atoms with Crippen LogP contribution < -0.4 is 0 Å². The highest BCUT2D eigenvalue weighted by Gasteiger charge is 2.20. The molecular weight excluding hydrogens is 152 g/mol. The minimum Gasteiger partial charge on any atom is -0.412 e. The summed E-state index contributed by atoms with van der Waals surface area (Å²) >= 11 is 0. The third-order valence-electron chi connectivity index (χ3n) is 2.36. The second-order valence-corrected chi connectivity index (χ2v) is 3.75. The largest absolute Gasteiger partial charge is 0.412 e. The monoisotopic (exact) mass is 170 g/mol. The molecule has 1 aliphatic rings. The van der Waals surface area contributed by atoms with E-state index in [1.54, 1.807) is 0 Å². The fraction of sp³-hybridized carbons (Fsp3) is 0.700. The Kier molecular flexibility index (Phi) is 4.18. The van der Waals surface area contributed by atoms with Gasteiger partial charge in [0.25, 0.3) is 0 Å². The summed E-state index contributed by atoms with van der Waals surface area (Å²) in [6.07, 6.45) is 2.95. The standard InChI is InChI=1S/C10H16O.H2O/c1-7(2)9-5-4-8(3)6-10(9)11;/h8H,4-6H2,1-3H3;1H2/t8-;/m1./s1. The molecule has 0 aliphatic heterocycles. The van der Waals surface area contributed by atoms with Gasteiger partial charge in [-0.3, -0.25) is 4.79 Å². The molecule has 2 N–H and O–H groups in total. The van der Waals surface area contributed by atoms with Gasteiger partial charge < -0.3 is 5.48 Å². The lowest BCUT2D eigenvalue weighted by Crippen LogP contribution is -2.16. The van der Waals surface area contributed by atoms with Crippen molar-refractivity contribution in [2.24, 2.45) is 5.92 Å². The molecule has 1 saturated carbocycles. The number of hydrogen-bond acceptors (Lipinski definition) is 1. The molecule has 70 valence electrons. The van der Waals surface area contributed by atoms with Crippen LogP contribution in [0, 0.1) is 5.92 Å². The average Bonchev–Trinajstić information content (AvgIpc) is 1.85. The van der Waals surface area contributed by atoms with E-state index in [9.17, 15) is 4.79 Å². The number of Topliss-reactive ketones (excluding diaryl/α,β-unsaturated/α-hetero) is 1. The summed E-state index contributed by atoms with van der Waals surface area (Å²) in [7, 11) is 0. The van der Waals surface area contributed by atoms with Crippen molar-refractivity contribution < 1.29 is 10.3 Å². The fourth-order valence-corrected chi connectivity index (χ4v) is 1.60. The number of ketones is 1. The average molecular weight is 170 g/mol. The zero-order valence-corrected chi connectivity index (χ0v) is 8.11. The highest BCUT2D eigenvalue weighted by atomic mass is 16.1. The smallest absolute Gasteiger partial charge is 0.159 e. The molecule has 1 aliphatic carbocycles. The summed E-state index contributed by atoms with van der Waals surface area (Å²) in [6, 6.07) is 0. The number of carbonyl (C=O) groups excluding carboxylic acids is 1. The zero-order chi connectivity index (χ0) is 8.43. The molecule has 2 nitrogen and oxygen atoms in total. The van der Waals surface area contributed by atoms with Crippen LogP contribution in [0.1, 0.15) is 40.0 Å². The van der Waals surface area contributed by atoms with Crippen LogP contribution in [0.3, 0.4) is 0 Å². The summed E-state index contributed by atoms with van der Waals surface area (Å²) in [6.45, 7) is 6.21. The van der Waals surface area contributed by atoms with E-state index < -0.39 is 0 Å². The molecule has 0 saturated heterocycles. The maximum absolute atomic E-state index is 11.4. The lowest BCUT2D eigenvalue weighted by Gasteiger charge is -2.19. The first-order valence-electron chi connectivity index (χ1n) is 4.31. The highest BCUT2D eigenvalue weighted by Crippen LogP contribution is 2.26. The van der Waals surface area contributed by atoms with Gasteiger partial charge in [-0.2, -0.15) is 0 Å². The van der Waals surface area contributed by atoms with E-state index in [0.29, 0.717) is 11.7 Å². The molecule has 0 aromatic rings. The van der Waals surface area contributed by atoms with Gasteiger partial charge in [0, 0.05) is 6.42 Å². The van der Waals surface area contributed by atoms with E-state index in [1.165, 1.54) is 12.0 Å². The predicted octanol–water partition coefficient (Wildman–Crippen LogP) is 1.89. The van der Waals surface area contributed by atoms with Gasteiger partial charge in [-0.25, -0.2) is 0 Å². The van der Waals surface area contributed by atoms with E-state index in [2.05, 4.69) is 6.92 Å². The van der Waals surface area contributed by atoms with Crippen molar-refractivity contribution in [3.8, 4) is 0 Å². The molecule has 0 bridgehead atoms. The molecule has 2 heteroatoms. The van der Waals surface area contributed by atoms with E-state index in [1.807, 2.05) is 13.8 Å². The van der Waals surface area contributed by atoms with Gasteiger partial charge in [0.05, 0.1) is 0 Å². The van der Waals surface area contributed by atoms with Gasteiger partial charge in [-0.05, 0) is 38.2 Å². The Hall–Kier alpha value is -0.630. The molecule has 0 radical (unpaired) electrons. The fourth-order valence-electron chi connectivity index (χ4n) is 1.60. The second-order valence-electron chi connectivity index (χ2n) is 3.75. The lowest BCUT2D eigenvalue weighted by molar-refractivity contribution is -0.117. The van der Waals surface area contributed by atoms with Crippen LogP contribution in [0.2, 0.25) is 0 Å². The minimum absolute atomic E-state index is 0. The summed E-state index contributed by atoms with van der Waals surface area (Å²) < 4.78 is 0. The van der Waals surface area contributed by atoms with E-state index in [4.69, 9.17) is 0 Å². The summed E-state index contributed by atoms with van der Waals surface area (Å²) in [5.74, 6) is 0.981. The molecule has 0 aromatic heterocycles. The Labute approximate surface area is 74.0 Å². The van der Waals surface area contributed by atoms with Crippen LogP contribution in [0.5, 0.6) is 0 Å². The van der Waals surface area contributed by atoms with Crippen molar-refractivity contribution in [2.75, 3.05) is 0 Å². The quantitative estimate of drug-likeness (QED) is 0.512. The second kappa shape index (κ2) is 4.41. The van der Waals surface area contributed by atoms with Crippen LogP contribution in [-0.4, -0.2) is 11.3 Å². The van der Waals surface area contributed by atoms with E-state index in [0.717, 1.165) is 18.4 Å².